The summed E-state index contributed by atoms with van der Waals surface area (Å²) in [6.45, 7) is 2.53. The summed E-state index contributed by atoms with van der Waals surface area (Å²) < 4.78 is 1.85. The maximum Gasteiger partial charge on any atom is 0.267 e. The van der Waals surface area contributed by atoms with Crippen molar-refractivity contribution in [2.24, 2.45) is 7.05 Å². The van der Waals surface area contributed by atoms with E-state index in [2.05, 4.69) is 5.32 Å². The maximum absolute atomic E-state index is 11.8. The molecule has 1 fully saturated rings. The van der Waals surface area contributed by atoms with E-state index >= 15 is 0 Å². The van der Waals surface area contributed by atoms with E-state index in [0.29, 0.717) is 17.3 Å². The van der Waals surface area contributed by atoms with Gasteiger partial charge in [-0.05, 0) is 25.1 Å². The number of aromatic nitrogens is 1. The molecule has 1 saturated carbocycles. The quantitative estimate of drug-likeness (QED) is 0.741. The molecule has 1 aliphatic carbocycles. The van der Waals surface area contributed by atoms with Crippen molar-refractivity contribution in [3.63, 3.8) is 0 Å². The molecule has 0 spiro atoms. The summed E-state index contributed by atoms with van der Waals surface area (Å²) in [5.41, 5.74) is 1.62. The lowest BCUT2D eigenvalue weighted by molar-refractivity contribution is 0.0948. The average Bonchev–Trinajstić information content (AvgIpc) is 2.84. The second kappa shape index (κ2) is 9.73. The van der Waals surface area contributed by atoms with Crippen LogP contribution in [0.5, 0.6) is 0 Å². The standard InChI is InChI=1S/C12H13ClN2O.C8H16/c1-3-14-12(16)11-6-8-4-5-9(13)7-10(8)15(11)2;1-2-4-6-8-7-5-3-1/h4-7H,3H2,1-2H3,(H,14,16);1-8H2. The second-order valence-electron chi connectivity index (χ2n) is 6.48. The van der Waals surface area contributed by atoms with Crippen molar-refractivity contribution in [2.75, 3.05) is 6.54 Å². The smallest absolute Gasteiger partial charge is 0.267 e. The van der Waals surface area contributed by atoms with Gasteiger partial charge in [0.2, 0.25) is 0 Å². The van der Waals surface area contributed by atoms with Crippen molar-refractivity contribution in [3.05, 3.63) is 35.0 Å². The number of hydrogen-bond donors (Lipinski definition) is 1. The van der Waals surface area contributed by atoms with Crippen molar-refractivity contribution >= 4 is 28.4 Å². The van der Waals surface area contributed by atoms with E-state index in [9.17, 15) is 4.79 Å². The topological polar surface area (TPSA) is 34.0 Å². The highest BCUT2D eigenvalue weighted by Crippen LogP contribution is 2.22. The van der Waals surface area contributed by atoms with Crippen LogP contribution in [0.25, 0.3) is 10.9 Å². The summed E-state index contributed by atoms with van der Waals surface area (Å²) in [5, 5.41) is 4.48. The Balaban J connectivity index is 0.000000219. The molecule has 3 nitrogen and oxygen atoms in total. The lowest BCUT2D eigenvalue weighted by Gasteiger charge is -2.05. The number of rotatable bonds is 2. The summed E-state index contributed by atoms with van der Waals surface area (Å²) in [6.07, 6.45) is 12.0. The second-order valence-corrected chi connectivity index (χ2v) is 6.92. The Morgan fingerprint density at radius 1 is 1.04 bits per heavy atom. The lowest BCUT2D eigenvalue weighted by atomic mass is 10.0. The maximum atomic E-state index is 11.8. The predicted octanol–water partition coefficient (Wildman–Crippen LogP) is 5.70. The molecular formula is C20H29ClN2O. The Hall–Kier alpha value is -1.48. The van der Waals surface area contributed by atoms with Gasteiger partial charge in [-0.15, -0.1) is 0 Å². The Labute approximate surface area is 150 Å². The van der Waals surface area contributed by atoms with Gasteiger partial charge in [0, 0.05) is 29.5 Å². The normalized spacial score (nSPS) is 15.1. The minimum Gasteiger partial charge on any atom is -0.351 e. The molecule has 132 valence electrons. The monoisotopic (exact) mass is 348 g/mol. The zero-order chi connectivity index (χ0) is 17.4. The van der Waals surface area contributed by atoms with Gasteiger partial charge in [-0.3, -0.25) is 4.79 Å². The van der Waals surface area contributed by atoms with Gasteiger partial charge in [-0.1, -0.05) is 69.0 Å². The van der Waals surface area contributed by atoms with Gasteiger partial charge in [0.1, 0.15) is 5.69 Å². The molecule has 0 atom stereocenters. The summed E-state index contributed by atoms with van der Waals surface area (Å²) in [4.78, 5) is 11.8. The van der Waals surface area contributed by atoms with E-state index in [1.165, 1.54) is 51.4 Å². The molecule has 1 aromatic heterocycles. The van der Waals surface area contributed by atoms with Crippen LogP contribution in [-0.4, -0.2) is 17.0 Å². The largest absolute Gasteiger partial charge is 0.351 e. The fourth-order valence-corrected chi connectivity index (χ4v) is 3.35. The summed E-state index contributed by atoms with van der Waals surface area (Å²) in [5.74, 6) is -0.0580. The number of halogens is 1. The molecule has 0 bridgehead atoms. The molecule has 1 N–H and O–H groups in total. The van der Waals surface area contributed by atoms with E-state index in [0.717, 1.165) is 10.9 Å². The highest BCUT2D eigenvalue weighted by Gasteiger charge is 2.12. The van der Waals surface area contributed by atoms with Crippen molar-refractivity contribution < 1.29 is 4.79 Å². The Morgan fingerprint density at radius 3 is 2.08 bits per heavy atom. The highest BCUT2D eigenvalue weighted by atomic mass is 35.5. The van der Waals surface area contributed by atoms with Gasteiger partial charge in [0.05, 0.1) is 0 Å². The number of benzene rings is 1. The van der Waals surface area contributed by atoms with Crippen LogP contribution in [0, 0.1) is 0 Å². The van der Waals surface area contributed by atoms with Crippen molar-refractivity contribution in [1.29, 1.82) is 0 Å². The zero-order valence-electron chi connectivity index (χ0n) is 14.9. The molecule has 2 aromatic rings. The van der Waals surface area contributed by atoms with Crippen LogP contribution in [0.2, 0.25) is 5.02 Å². The van der Waals surface area contributed by atoms with Crippen LogP contribution in [0.4, 0.5) is 0 Å². The molecule has 4 heteroatoms. The molecule has 1 amide bonds. The van der Waals surface area contributed by atoms with Gasteiger partial charge in [-0.25, -0.2) is 0 Å². The fraction of sp³-hybridized carbons (Fsp3) is 0.550. The minimum absolute atomic E-state index is 0.0580. The van der Waals surface area contributed by atoms with Crippen molar-refractivity contribution in [1.82, 2.24) is 9.88 Å². The average molecular weight is 349 g/mol. The molecule has 0 unspecified atom stereocenters. The van der Waals surface area contributed by atoms with Crippen LogP contribution < -0.4 is 5.32 Å². The van der Waals surface area contributed by atoms with Gasteiger partial charge in [-0.2, -0.15) is 0 Å². The molecule has 1 heterocycles. The first-order valence-electron chi connectivity index (χ1n) is 9.16. The molecule has 1 aliphatic rings. The molecular weight excluding hydrogens is 320 g/mol. The third kappa shape index (κ3) is 5.27. The van der Waals surface area contributed by atoms with Gasteiger partial charge < -0.3 is 9.88 Å². The Kier molecular flexibility index (Phi) is 7.64. The first-order chi connectivity index (χ1) is 11.6. The lowest BCUT2D eigenvalue weighted by Crippen LogP contribution is -2.24. The molecule has 1 aromatic carbocycles. The van der Waals surface area contributed by atoms with E-state index in [-0.39, 0.29) is 5.91 Å². The summed E-state index contributed by atoms with van der Waals surface area (Å²) in [7, 11) is 1.86. The first-order valence-corrected chi connectivity index (χ1v) is 9.54. The molecule has 0 aliphatic heterocycles. The number of amides is 1. The first kappa shape index (κ1) is 18.9. The summed E-state index contributed by atoms with van der Waals surface area (Å²) >= 11 is 5.93. The number of fused-ring (bicyclic) bond motifs is 1. The molecule has 0 saturated heterocycles. The van der Waals surface area contributed by atoms with Crippen LogP contribution in [0.15, 0.2) is 24.3 Å². The number of hydrogen-bond acceptors (Lipinski definition) is 1. The minimum atomic E-state index is -0.0580. The van der Waals surface area contributed by atoms with Crippen molar-refractivity contribution in [2.45, 2.75) is 58.3 Å². The van der Waals surface area contributed by atoms with E-state index in [1.54, 1.807) is 0 Å². The number of carbonyl (C=O) groups is 1. The molecule has 3 rings (SSSR count). The fourth-order valence-electron chi connectivity index (χ4n) is 3.19. The van der Waals surface area contributed by atoms with E-state index in [1.807, 2.05) is 42.8 Å². The molecule has 24 heavy (non-hydrogen) atoms. The number of carbonyl (C=O) groups excluding carboxylic acids is 1. The third-order valence-corrected chi connectivity index (χ3v) is 4.81. The van der Waals surface area contributed by atoms with E-state index < -0.39 is 0 Å². The van der Waals surface area contributed by atoms with Crippen LogP contribution in [0.1, 0.15) is 68.8 Å². The Bertz CT molecular complexity index is 639. The SMILES string of the molecule is C1CCCCCCC1.CCNC(=O)c1cc2ccc(Cl)cc2n1C. The number of aryl methyl sites for hydroxylation is 1. The Morgan fingerprint density at radius 2 is 1.58 bits per heavy atom. The van der Waals surface area contributed by atoms with Crippen LogP contribution >= 0.6 is 11.6 Å². The van der Waals surface area contributed by atoms with Crippen molar-refractivity contribution in [3.8, 4) is 0 Å². The zero-order valence-corrected chi connectivity index (χ0v) is 15.7. The van der Waals surface area contributed by atoms with E-state index in [4.69, 9.17) is 11.6 Å². The summed E-state index contributed by atoms with van der Waals surface area (Å²) in [6, 6.07) is 7.47. The highest BCUT2D eigenvalue weighted by molar-refractivity contribution is 6.31. The van der Waals surface area contributed by atoms with Crippen LogP contribution in [0.3, 0.4) is 0 Å². The number of nitrogens with one attached hydrogen (secondary N) is 1. The van der Waals surface area contributed by atoms with Gasteiger partial charge in [0.15, 0.2) is 0 Å². The van der Waals surface area contributed by atoms with Gasteiger partial charge in [0.25, 0.3) is 5.91 Å². The van der Waals surface area contributed by atoms with Crippen LogP contribution in [-0.2, 0) is 7.05 Å². The predicted molar refractivity (Wildman–Crippen MR) is 103 cm³/mol. The number of nitrogens with zero attached hydrogens (tertiary/aromatic N) is 1. The third-order valence-electron chi connectivity index (χ3n) is 4.58. The van der Waals surface area contributed by atoms with Gasteiger partial charge >= 0.3 is 0 Å². The molecule has 0 radical (unpaired) electrons.